The third kappa shape index (κ3) is 2.87. The van der Waals surface area contributed by atoms with E-state index in [4.69, 9.17) is 0 Å². The summed E-state index contributed by atoms with van der Waals surface area (Å²) in [4.78, 5) is 37.5. The Balaban J connectivity index is 2.33. The van der Waals surface area contributed by atoms with Gasteiger partial charge in [-0.25, -0.2) is 4.79 Å². The molecule has 1 aromatic carbocycles. The number of benzene rings is 1. The van der Waals surface area contributed by atoms with E-state index in [1.807, 2.05) is 0 Å². The SMILES string of the molecule is COC(=O)[C@@H](CC[S@](C)=O)N1C(=O)c2ccccc2C1=O. The van der Waals surface area contributed by atoms with Crippen LogP contribution < -0.4 is 0 Å². The van der Waals surface area contributed by atoms with Crippen LogP contribution >= 0.6 is 0 Å². The van der Waals surface area contributed by atoms with Crippen LogP contribution in [-0.4, -0.2) is 52.1 Å². The molecule has 1 aromatic rings. The number of carbonyl (C=O) groups is 3. The predicted molar refractivity (Wildman–Crippen MR) is 76.3 cm³/mol. The molecular weight excluding hydrogens is 294 g/mol. The van der Waals surface area contributed by atoms with Gasteiger partial charge in [0.2, 0.25) is 0 Å². The van der Waals surface area contributed by atoms with E-state index in [0.717, 1.165) is 4.90 Å². The molecular formula is C14H15NO5S. The first kappa shape index (κ1) is 15.4. The van der Waals surface area contributed by atoms with Crippen LogP contribution in [0.4, 0.5) is 0 Å². The van der Waals surface area contributed by atoms with Crippen molar-refractivity contribution in [2.45, 2.75) is 12.5 Å². The van der Waals surface area contributed by atoms with Crippen LogP contribution in [0.1, 0.15) is 27.1 Å². The minimum Gasteiger partial charge on any atom is -0.467 e. The van der Waals surface area contributed by atoms with Crippen molar-refractivity contribution in [1.29, 1.82) is 0 Å². The number of esters is 1. The molecule has 0 aromatic heterocycles. The van der Waals surface area contributed by atoms with E-state index >= 15 is 0 Å². The molecule has 0 radical (unpaired) electrons. The van der Waals surface area contributed by atoms with Crippen molar-refractivity contribution in [1.82, 2.24) is 4.90 Å². The molecule has 0 saturated carbocycles. The van der Waals surface area contributed by atoms with E-state index < -0.39 is 34.6 Å². The Morgan fingerprint density at radius 1 is 1.24 bits per heavy atom. The zero-order chi connectivity index (χ0) is 15.6. The van der Waals surface area contributed by atoms with Crippen molar-refractivity contribution < 1.29 is 23.3 Å². The van der Waals surface area contributed by atoms with E-state index in [1.54, 1.807) is 24.3 Å². The summed E-state index contributed by atoms with van der Waals surface area (Å²) in [5.41, 5.74) is 0.544. The summed E-state index contributed by atoms with van der Waals surface area (Å²) in [7, 11) is 0.0563. The number of rotatable bonds is 5. The number of nitrogens with zero attached hydrogens (tertiary/aromatic N) is 1. The van der Waals surface area contributed by atoms with E-state index in [9.17, 15) is 18.6 Å². The Bertz CT molecular complexity index is 593. The lowest BCUT2D eigenvalue weighted by molar-refractivity contribution is -0.145. The van der Waals surface area contributed by atoms with E-state index in [2.05, 4.69) is 4.74 Å². The van der Waals surface area contributed by atoms with Crippen molar-refractivity contribution in [3.05, 3.63) is 35.4 Å². The number of amides is 2. The quantitative estimate of drug-likeness (QED) is 0.587. The van der Waals surface area contributed by atoms with Crippen LogP contribution in [-0.2, 0) is 20.3 Å². The van der Waals surface area contributed by atoms with Gasteiger partial charge >= 0.3 is 5.97 Å². The summed E-state index contributed by atoms with van der Waals surface area (Å²) in [5.74, 6) is -1.52. The summed E-state index contributed by atoms with van der Waals surface area (Å²) in [6.07, 6.45) is 1.61. The van der Waals surface area contributed by atoms with Crippen molar-refractivity contribution in [3.8, 4) is 0 Å². The maximum absolute atomic E-state index is 12.3. The lowest BCUT2D eigenvalue weighted by Gasteiger charge is -2.23. The number of methoxy groups -OCH3 is 1. The number of fused-ring (bicyclic) bond motifs is 1. The molecule has 0 unspecified atom stereocenters. The summed E-state index contributed by atoms with van der Waals surface area (Å²) >= 11 is 0. The predicted octanol–water partition coefficient (Wildman–Crippen LogP) is 0.593. The van der Waals surface area contributed by atoms with Gasteiger partial charge in [-0.05, 0) is 18.6 Å². The normalized spacial score (nSPS) is 16.6. The van der Waals surface area contributed by atoms with Crippen LogP contribution in [0, 0.1) is 0 Å². The summed E-state index contributed by atoms with van der Waals surface area (Å²) in [6.45, 7) is 0. The molecule has 0 spiro atoms. The van der Waals surface area contributed by atoms with Gasteiger partial charge in [0.1, 0.15) is 6.04 Å². The van der Waals surface area contributed by atoms with Crippen molar-refractivity contribution in [2.75, 3.05) is 19.1 Å². The molecule has 21 heavy (non-hydrogen) atoms. The highest BCUT2D eigenvalue weighted by Gasteiger charge is 2.42. The van der Waals surface area contributed by atoms with Gasteiger partial charge in [0, 0.05) is 22.8 Å². The molecule has 0 bridgehead atoms. The smallest absolute Gasteiger partial charge is 0.329 e. The summed E-state index contributed by atoms with van der Waals surface area (Å²) < 4.78 is 15.9. The minimum absolute atomic E-state index is 0.112. The lowest BCUT2D eigenvalue weighted by Crippen LogP contribution is -2.46. The standard InChI is InChI=1S/C14H15NO5S/c1-20-14(18)11(7-8-21(2)19)15-12(16)9-5-3-4-6-10(9)13(15)17/h3-6,11H,7-8H2,1-2H3/t11-,21+/m1/s1. The number of hydrogen-bond donors (Lipinski definition) is 0. The topological polar surface area (TPSA) is 80.8 Å². The van der Waals surface area contributed by atoms with Gasteiger partial charge in [-0.3, -0.25) is 18.7 Å². The Morgan fingerprint density at radius 3 is 2.19 bits per heavy atom. The molecule has 0 aliphatic carbocycles. The first-order valence-corrected chi connectivity index (χ1v) is 8.05. The number of imide groups is 1. The second-order valence-electron chi connectivity index (χ2n) is 4.63. The van der Waals surface area contributed by atoms with Crippen molar-refractivity contribution in [3.63, 3.8) is 0 Å². The molecule has 0 saturated heterocycles. The summed E-state index contributed by atoms with van der Waals surface area (Å²) in [6, 6.07) is 5.35. The number of carbonyl (C=O) groups excluding carboxylic acids is 3. The molecule has 0 fully saturated rings. The van der Waals surface area contributed by atoms with Crippen molar-refractivity contribution in [2.24, 2.45) is 0 Å². The molecule has 1 aliphatic rings. The Labute approximate surface area is 124 Å². The van der Waals surface area contributed by atoms with Crippen LogP contribution in [0.25, 0.3) is 0 Å². The lowest BCUT2D eigenvalue weighted by atomic mass is 10.1. The van der Waals surface area contributed by atoms with E-state index in [-0.39, 0.29) is 23.3 Å². The maximum Gasteiger partial charge on any atom is 0.329 e. The Kier molecular flexibility index (Phi) is 4.52. The van der Waals surface area contributed by atoms with Crippen LogP contribution in [0.15, 0.2) is 24.3 Å². The van der Waals surface area contributed by atoms with Gasteiger partial charge in [-0.15, -0.1) is 0 Å². The van der Waals surface area contributed by atoms with Crippen LogP contribution in [0.2, 0.25) is 0 Å². The second kappa shape index (κ2) is 6.17. The van der Waals surface area contributed by atoms with E-state index in [0.29, 0.717) is 0 Å². The Hall–Kier alpha value is -2.02. The average Bonchev–Trinajstić information content (AvgIpc) is 2.72. The molecule has 2 amide bonds. The van der Waals surface area contributed by atoms with Crippen LogP contribution in [0.3, 0.4) is 0 Å². The van der Waals surface area contributed by atoms with Crippen molar-refractivity contribution >= 4 is 28.6 Å². The van der Waals surface area contributed by atoms with E-state index in [1.165, 1.54) is 13.4 Å². The van der Waals surface area contributed by atoms with Gasteiger partial charge in [0.25, 0.3) is 11.8 Å². The van der Waals surface area contributed by atoms with Gasteiger partial charge in [0.05, 0.1) is 18.2 Å². The average molecular weight is 309 g/mol. The molecule has 1 heterocycles. The fourth-order valence-electron chi connectivity index (χ4n) is 2.26. The number of ether oxygens (including phenoxy) is 1. The van der Waals surface area contributed by atoms with Gasteiger partial charge < -0.3 is 4.74 Å². The van der Waals surface area contributed by atoms with Gasteiger partial charge in [-0.1, -0.05) is 12.1 Å². The monoisotopic (exact) mass is 309 g/mol. The largest absolute Gasteiger partial charge is 0.467 e. The number of hydrogen-bond acceptors (Lipinski definition) is 5. The fraction of sp³-hybridized carbons (Fsp3) is 0.357. The second-order valence-corrected chi connectivity index (χ2v) is 6.19. The highest BCUT2D eigenvalue weighted by molar-refractivity contribution is 7.84. The van der Waals surface area contributed by atoms with Gasteiger partial charge in [-0.2, -0.15) is 0 Å². The highest BCUT2D eigenvalue weighted by Crippen LogP contribution is 2.26. The molecule has 1 aliphatic heterocycles. The molecule has 112 valence electrons. The zero-order valence-electron chi connectivity index (χ0n) is 11.7. The molecule has 2 rings (SSSR count). The summed E-state index contributed by atoms with van der Waals surface area (Å²) in [5, 5.41) is 0. The molecule has 6 nitrogen and oxygen atoms in total. The zero-order valence-corrected chi connectivity index (χ0v) is 12.5. The van der Waals surface area contributed by atoms with Crippen LogP contribution in [0.5, 0.6) is 0 Å². The minimum atomic E-state index is -1.13. The fourth-order valence-corrected chi connectivity index (χ4v) is 2.81. The first-order valence-electron chi connectivity index (χ1n) is 6.32. The Morgan fingerprint density at radius 2 is 1.76 bits per heavy atom. The first-order chi connectivity index (χ1) is 9.97. The molecule has 2 atom stereocenters. The third-order valence-electron chi connectivity index (χ3n) is 3.29. The van der Waals surface area contributed by atoms with Gasteiger partial charge in [0.15, 0.2) is 0 Å². The third-order valence-corrected chi connectivity index (χ3v) is 4.10. The highest BCUT2D eigenvalue weighted by atomic mass is 32.2. The maximum atomic E-state index is 12.3. The molecule has 7 heteroatoms. The molecule has 0 N–H and O–H groups in total.